The van der Waals surface area contributed by atoms with Crippen molar-refractivity contribution in [2.24, 2.45) is 10.9 Å². The molecule has 0 spiro atoms. The van der Waals surface area contributed by atoms with E-state index >= 15 is 0 Å². The third-order valence-corrected chi connectivity index (χ3v) is 5.78. The Kier molecular flexibility index (Phi) is 11.1. The van der Waals surface area contributed by atoms with E-state index in [1.54, 1.807) is 16.7 Å². The van der Waals surface area contributed by atoms with Gasteiger partial charge in [0.25, 0.3) is 5.56 Å². The topological polar surface area (TPSA) is 61.7 Å². The van der Waals surface area contributed by atoms with Crippen LogP contribution in [-0.4, -0.2) is 48.7 Å². The molecule has 170 valence electrons. The standard InChI is InChI=1S/C24H35N5O.HI/c1-20-11-16-28(17-12-20)14-5-13-26-24(25-2)27-18-21-7-9-22(10-8-21)19-29-15-4-3-6-23(29)30;/h3-4,6-10,15,20H,5,11-14,16-19H2,1-2H3,(H2,25,26,27);1H. The van der Waals surface area contributed by atoms with Crippen LogP contribution in [0.4, 0.5) is 0 Å². The quantitative estimate of drug-likeness (QED) is 0.235. The number of benzene rings is 1. The summed E-state index contributed by atoms with van der Waals surface area (Å²) in [6.45, 7) is 8.22. The minimum Gasteiger partial charge on any atom is -0.356 e. The van der Waals surface area contributed by atoms with Crippen LogP contribution < -0.4 is 16.2 Å². The summed E-state index contributed by atoms with van der Waals surface area (Å²) in [5, 5.41) is 6.79. The van der Waals surface area contributed by atoms with Crippen LogP contribution in [0.1, 0.15) is 37.3 Å². The molecule has 1 fully saturated rings. The second-order valence-corrected chi connectivity index (χ2v) is 8.21. The number of piperidine rings is 1. The van der Waals surface area contributed by atoms with Crippen molar-refractivity contribution in [3.05, 3.63) is 70.1 Å². The van der Waals surface area contributed by atoms with Crippen LogP contribution in [0.25, 0.3) is 0 Å². The second kappa shape index (κ2) is 13.5. The largest absolute Gasteiger partial charge is 0.356 e. The van der Waals surface area contributed by atoms with Crippen molar-refractivity contribution in [3.8, 4) is 0 Å². The Morgan fingerprint density at radius 1 is 1.06 bits per heavy atom. The molecule has 1 aliphatic rings. The summed E-state index contributed by atoms with van der Waals surface area (Å²) in [5.74, 6) is 1.72. The molecule has 3 rings (SSSR count). The maximum Gasteiger partial charge on any atom is 0.250 e. The fourth-order valence-corrected chi connectivity index (χ4v) is 3.75. The second-order valence-electron chi connectivity index (χ2n) is 8.21. The summed E-state index contributed by atoms with van der Waals surface area (Å²) in [6, 6.07) is 13.6. The van der Waals surface area contributed by atoms with Gasteiger partial charge in [0.05, 0.1) is 6.54 Å². The molecule has 2 heterocycles. The average molecular weight is 537 g/mol. The molecular weight excluding hydrogens is 501 g/mol. The molecule has 1 saturated heterocycles. The number of rotatable bonds is 8. The highest BCUT2D eigenvalue weighted by atomic mass is 127. The number of likely N-dealkylation sites (tertiary alicyclic amines) is 1. The molecule has 0 saturated carbocycles. The van der Waals surface area contributed by atoms with Gasteiger partial charge in [-0.25, -0.2) is 0 Å². The zero-order valence-corrected chi connectivity index (χ0v) is 21.0. The van der Waals surface area contributed by atoms with E-state index in [0.717, 1.165) is 43.5 Å². The van der Waals surface area contributed by atoms with Crippen LogP contribution in [0, 0.1) is 5.92 Å². The molecule has 0 atom stereocenters. The minimum atomic E-state index is 0. The molecular formula is C24H36IN5O. The molecule has 1 aliphatic heterocycles. The van der Waals surface area contributed by atoms with Crippen molar-refractivity contribution in [1.29, 1.82) is 0 Å². The first-order valence-corrected chi connectivity index (χ1v) is 11.0. The highest BCUT2D eigenvalue weighted by Gasteiger charge is 2.14. The van der Waals surface area contributed by atoms with Gasteiger partial charge in [0.2, 0.25) is 0 Å². The third kappa shape index (κ3) is 8.65. The van der Waals surface area contributed by atoms with E-state index in [9.17, 15) is 4.79 Å². The van der Waals surface area contributed by atoms with E-state index < -0.39 is 0 Å². The molecule has 0 unspecified atom stereocenters. The van der Waals surface area contributed by atoms with Gasteiger partial charge >= 0.3 is 0 Å². The molecule has 0 amide bonds. The molecule has 1 aromatic heterocycles. The van der Waals surface area contributed by atoms with Gasteiger partial charge in [0.1, 0.15) is 0 Å². The molecule has 1 aromatic carbocycles. The van der Waals surface area contributed by atoms with Gasteiger partial charge < -0.3 is 20.1 Å². The lowest BCUT2D eigenvalue weighted by molar-refractivity contribution is 0.191. The summed E-state index contributed by atoms with van der Waals surface area (Å²) >= 11 is 0. The van der Waals surface area contributed by atoms with E-state index in [4.69, 9.17) is 0 Å². The van der Waals surface area contributed by atoms with Gasteiger partial charge in [0, 0.05) is 32.4 Å². The number of halogens is 1. The van der Waals surface area contributed by atoms with Crippen LogP contribution in [0.5, 0.6) is 0 Å². The lowest BCUT2D eigenvalue weighted by Gasteiger charge is -2.30. The van der Waals surface area contributed by atoms with Gasteiger partial charge in [-0.1, -0.05) is 37.3 Å². The maximum absolute atomic E-state index is 11.8. The van der Waals surface area contributed by atoms with Gasteiger partial charge in [-0.15, -0.1) is 24.0 Å². The van der Waals surface area contributed by atoms with Gasteiger partial charge in [-0.05, 0) is 62.0 Å². The molecule has 31 heavy (non-hydrogen) atoms. The Hall–Kier alpha value is -1.87. The van der Waals surface area contributed by atoms with E-state index in [1.165, 1.54) is 31.5 Å². The van der Waals surface area contributed by atoms with E-state index in [1.807, 2.05) is 19.3 Å². The van der Waals surface area contributed by atoms with E-state index in [-0.39, 0.29) is 29.5 Å². The molecule has 7 heteroatoms. The predicted octanol–water partition coefficient (Wildman–Crippen LogP) is 3.30. The number of aromatic nitrogens is 1. The zero-order chi connectivity index (χ0) is 21.2. The van der Waals surface area contributed by atoms with Crippen LogP contribution in [-0.2, 0) is 13.1 Å². The van der Waals surface area contributed by atoms with Gasteiger partial charge in [-0.3, -0.25) is 9.79 Å². The van der Waals surface area contributed by atoms with Crippen molar-refractivity contribution in [3.63, 3.8) is 0 Å². The number of aliphatic imine (C=N–C) groups is 1. The number of guanidine groups is 1. The summed E-state index contributed by atoms with van der Waals surface area (Å²) in [5.41, 5.74) is 2.32. The molecule has 2 aromatic rings. The number of hydrogen-bond acceptors (Lipinski definition) is 3. The average Bonchev–Trinajstić information content (AvgIpc) is 2.77. The third-order valence-electron chi connectivity index (χ3n) is 5.78. The van der Waals surface area contributed by atoms with E-state index in [0.29, 0.717) is 6.54 Å². The molecule has 2 N–H and O–H groups in total. The first kappa shape index (κ1) is 25.4. The lowest BCUT2D eigenvalue weighted by atomic mass is 9.99. The Bertz CT molecular complexity index is 857. The lowest BCUT2D eigenvalue weighted by Crippen LogP contribution is -2.39. The first-order chi connectivity index (χ1) is 14.6. The summed E-state index contributed by atoms with van der Waals surface area (Å²) in [4.78, 5) is 18.7. The van der Waals surface area contributed by atoms with Crippen LogP contribution in [0.2, 0.25) is 0 Å². The molecule has 6 nitrogen and oxygen atoms in total. The summed E-state index contributed by atoms with van der Waals surface area (Å²) in [6.07, 6.45) is 5.61. The smallest absolute Gasteiger partial charge is 0.250 e. The number of nitrogens with zero attached hydrogens (tertiary/aromatic N) is 3. The highest BCUT2D eigenvalue weighted by Crippen LogP contribution is 2.15. The predicted molar refractivity (Wildman–Crippen MR) is 139 cm³/mol. The number of nitrogens with one attached hydrogen (secondary N) is 2. The van der Waals surface area contributed by atoms with Crippen LogP contribution in [0.3, 0.4) is 0 Å². The van der Waals surface area contributed by atoms with Gasteiger partial charge in [0.15, 0.2) is 5.96 Å². The summed E-state index contributed by atoms with van der Waals surface area (Å²) < 4.78 is 1.71. The number of pyridine rings is 1. The fourth-order valence-electron chi connectivity index (χ4n) is 3.75. The maximum atomic E-state index is 11.8. The summed E-state index contributed by atoms with van der Waals surface area (Å²) in [7, 11) is 1.81. The van der Waals surface area contributed by atoms with Crippen molar-refractivity contribution in [2.45, 2.75) is 39.3 Å². The minimum absolute atomic E-state index is 0. The Balaban J connectivity index is 0.00000341. The Morgan fingerprint density at radius 3 is 2.45 bits per heavy atom. The Morgan fingerprint density at radius 2 is 1.77 bits per heavy atom. The monoisotopic (exact) mass is 537 g/mol. The zero-order valence-electron chi connectivity index (χ0n) is 18.7. The normalized spacial score (nSPS) is 15.4. The van der Waals surface area contributed by atoms with Crippen molar-refractivity contribution < 1.29 is 0 Å². The highest BCUT2D eigenvalue weighted by molar-refractivity contribution is 14.0. The van der Waals surface area contributed by atoms with Gasteiger partial charge in [-0.2, -0.15) is 0 Å². The Labute approximate surface area is 203 Å². The molecule has 0 bridgehead atoms. The van der Waals surface area contributed by atoms with E-state index in [2.05, 4.69) is 51.7 Å². The van der Waals surface area contributed by atoms with Crippen molar-refractivity contribution >= 4 is 29.9 Å². The van der Waals surface area contributed by atoms with Crippen LogP contribution >= 0.6 is 24.0 Å². The first-order valence-electron chi connectivity index (χ1n) is 11.0. The van der Waals surface area contributed by atoms with Crippen molar-refractivity contribution in [2.75, 3.05) is 33.2 Å². The fraction of sp³-hybridized carbons (Fsp3) is 0.500. The molecule has 0 aliphatic carbocycles. The van der Waals surface area contributed by atoms with Crippen molar-refractivity contribution in [1.82, 2.24) is 20.1 Å². The molecule has 0 radical (unpaired) electrons. The number of hydrogen-bond donors (Lipinski definition) is 2. The van der Waals surface area contributed by atoms with Crippen LogP contribution in [0.15, 0.2) is 58.4 Å². The SMILES string of the molecule is CN=C(NCCCN1CCC(C)CC1)NCc1ccc(Cn2ccccc2=O)cc1.I.